The van der Waals surface area contributed by atoms with Crippen LogP contribution in [0.3, 0.4) is 0 Å². The van der Waals surface area contributed by atoms with Crippen LogP contribution in [0.5, 0.6) is 0 Å². The van der Waals surface area contributed by atoms with Gasteiger partial charge in [-0.2, -0.15) is 0 Å². The summed E-state index contributed by atoms with van der Waals surface area (Å²) in [5.74, 6) is -0.533. The van der Waals surface area contributed by atoms with Crippen molar-refractivity contribution in [3.63, 3.8) is 0 Å². The topological polar surface area (TPSA) is 95.2 Å². The van der Waals surface area contributed by atoms with E-state index < -0.39 is 0 Å². The molecule has 2 aromatic heterocycles. The van der Waals surface area contributed by atoms with E-state index in [4.69, 9.17) is 0 Å². The van der Waals surface area contributed by atoms with Crippen molar-refractivity contribution in [1.29, 1.82) is 0 Å². The monoisotopic (exact) mass is 376 g/mol. The number of hydrogen-bond donors (Lipinski definition) is 2. The van der Waals surface area contributed by atoms with Gasteiger partial charge in [-0.3, -0.25) is 19.3 Å². The minimum absolute atomic E-state index is 0.0857. The summed E-state index contributed by atoms with van der Waals surface area (Å²) in [4.78, 5) is 45.5. The molecule has 1 aliphatic heterocycles. The number of thiophene rings is 1. The van der Waals surface area contributed by atoms with Crippen LogP contribution in [-0.4, -0.2) is 45.0 Å². The molecule has 0 aromatic carbocycles. The van der Waals surface area contributed by atoms with E-state index in [9.17, 15) is 14.4 Å². The molecule has 0 radical (unpaired) electrons. The number of nitrogens with zero attached hydrogens (tertiary/aromatic N) is 2. The Morgan fingerprint density at radius 1 is 1.40 bits per heavy atom. The van der Waals surface area contributed by atoms with Gasteiger partial charge in [-0.25, -0.2) is 4.98 Å². The van der Waals surface area contributed by atoms with E-state index in [1.807, 2.05) is 17.5 Å². The lowest BCUT2D eigenvalue weighted by atomic mass is 10.3. The van der Waals surface area contributed by atoms with Crippen LogP contribution < -0.4 is 5.32 Å². The molecule has 0 spiro atoms. The molecule has 3 amide bonds. The lowest BCUT2D eigenvalue weighted by Gasteiger charge is -2.12. The molecule has 0 atom stereocenters. The summed E-state index contributed by atoms with van der Waals surface area (Å²) in [5, 5.41) is 4.34. The van der Waals surface area contributed by atoms with Crippen molar-refractivity contribution in [3.05, 3.63) is 45.5 Å². The third-order valence-corrected chi connectivity index (χ3v) is 5.25. The Labute approximate surface area is 152 Å². The Morgan fingerprint density at radius 3 is 3.00 bits per heavy atom. The number of imide groups is 1. The van der Waals surface area contributed by atoms with Crippen LogP contribution in [0.1, 0.15) is 17.0 Å². The van der Waals surface area contributed by atoms with Gasteiger partial charge >= 0.3 is 0 Å². The standard InChI is InChI=1S/C16H16N4O3S2/c21-14(18-5-3-11-9-17-10-19-11)4-6-20-15(22)13(25-16(20)23)8-12-2-1-7-24-12/h1-2,7-10H,3-6H2,(H,17,19)(H,18,21). The van der Waals surface area contributed by atoms with Gasteiger partial charge < -0.3 is 10.3 Å². The molecule has 9 heteroatoms. The zero-order valence-electron chi connectivity index (χ0n) is 13.2. The van der Waals surface area contributed by atoms with Crippen molar-refractivity contribution in [1.82, 2.24) is 20.2 Å². The summed E-state index contributed by atoms with van der Waals surface area (Å²) in [7, 11) is 0. The number of thioether (sulfide) groups is 1. The average molecular weight is 376 g/mol. The highest BCUT2D eigenvalue weighted by atomic mass is 32.2. The molecule has 7 nitrogen and oxygen atoms in total. The highest BCUT2D eigenvalue weighted by molar-refractivity contribution is 8.18. The number of rotatable bonds is 7. The fraction of sp³-hybridized carbons (Fsp3) is 0.250. The van der Waals surface area contributed by atoms with Gasteiger partial charge in [0.25, 0.3) is 11.1 Å². The smallest absolute Gasteiger partial charge is 0.293 e. The van der Waals surface area contributed by atoms with Crippen LogP contribution in [0, 0.1) is 0 Å². The maximum atomic E-state index is 12.3. The van der Waals surface area contributed by atoms with E-state index in [1.54, 1.807) is 18.6 Å². The summed E-state index contributed by atoms with van der Waals surface area (Å²) < 4.78 is 0. The van der Waals surface area contributed by atoms with Crippen molar-refractivity contribution in [3.8, 4) is 0 Å². The van der Waals surface area contributed by atoms with Crippen molar-refractivity contribution < 1.29 is 14.4 Å². The second-order valence-corrected chi connectivity index (χ2v) is 7.25. The molecule has 2 aromatic rings. The summed E-state index contributed by atoms with van der Waals surface area (Å²) in [5.41, 5.74) is 0.935. The molecule has 130 valence electrons. The van der Waals surface area contributed by atoms with Gasteiger partial charge in [0.05, 0.1) is 11.2 Å². The molecule has 0 saturated carbocycles. The number of carbonyl (C=O) groups excluding carboxylic acids is 3. The predicted octanol–water partition coefficient (Wildman–Crippen LogP) is 2.26. The minimum Gasteiger partial charge on any atom is -0.356 e. The number of nitrogens with one attached hydrogen (secondary N) is 2. The zero-order chi connectivity index (χ0) is 17.6. The van der Waals surface area contributed by atoms with Gasteiger partial charge in [0, 0.05) is 42.7 Å². The molecule has 25 heavy (non-hydrogen) atoms. The summed E-state index contributed by atoms with van der Waals surface area (Å²) >= 11 is 2.41. The van der Waals surface area contributed by atoms with E-state index in [0.717, 1.165) is 27.2 Å². The number of imidazole rings is 1. The second-order valence-electron chi connectivity index (χ2n) is 5.28. The number of carbonyl (C=O) groups is 3. The second kappa shape index (κ2) is 8.13. The number of hydrogen-bond acceptors (Lipinski definition) is 6. The molecular weight excluding hydrogens is 360 g/mol. The molecule has 1 saturated heterocycles. The number of H-pyrrole nitrogens is 1. The molecule has 0 bridgehead atoms. The maximum Gasteiger partial charge on any atom is 0.293 e. The Bertz CT molecular complexity index is 784. The highest BCUT2D eigenvalue weighted by Crippen LogP contribution is 2.32. The van der Waals surface area contributed by atoms with Crippen molar-refractivity contribution in [2.45, 2.75) is 12.8 Å². The first-order valence-corrected chi connectivity index (χ1v) is 9.36. The van der Waals surface area contributed by atoms with Crippen LogP contribution >= 0.6 is 23.1 Å². The fourth-order valence-electron chi connectivity index (χ4n) is 2.26. The van der Waals surface area contributed by atoms with E-state index >= 15 is 0 Å². The summed E-state index contributed by atoms with van der Waals surface area (Å²) in [6.07, 6.45) is 5.73. The van der Waals surface area contributed by atoms with Gasteiger partial charge in [-0.05, 0) is 29.3 Å². The molecule has 0 unspecified atom stereocenters. The molecule has 3 rings (SSSR count). The zero-order valence-corrected chi connectivity index (χ0v) is 14.9. The summed E-state index contributed by atoms with van der Waals surface area (Å²) in [6, 6.07) is 3.76. The van der Waals surface area contributed by atoms with Gasteiger partial charge in [0.2, 0.25) is 5.91 Å². The third kappa shape index (κ3) is 4.58. The Morgan fingerprint density at radius 2 is 2.28 bits per heavy atom. The third-order valence-electron chi connectivity index (χ3n) is 3.52. The highest BCUT2D eigenvalue weighted by Gasteiger charge is 2.35. The van der Waals surface area contributed by atoms with E-state index in [1.165, 1.54) is 11.3 Å². The Kier molecular flexibility index (Phi) is 5.67. The number of amides is 3. The van der Waals surface area contributed by atoms with E-state index in [2.05, 4.69) is 15.3 Å². The average Bonchev–Trinajstić information content (AvgIpc) is 3.31. The van der Waals surface area contributed by atoms with Crippen LogP contribution in [0.25, 0.3) is 6.08 Å². The quantitative estimate of drug-likeness (QED) is 0.723. The van der Waals surface area contributed by atoms with Gasteiger partial charge in [0.15, 0.2) is 0 Å². The molecule has 1 fully saturated rings. The molecule has 1 aliphatic rings. The van der Waals surface area contributed by atoms with Crippen LogP contribution in [0.4, 0.5) is 4.79 Å². The van der Waals surface area contributed by atoms with E-state index in [-0.39, 0.29) is 30.0 Å². The van der Waals surface area contributed by atoms with Crippen LogP contribution in [0.15, 0.2) is 34.9 Å². The number of aromatic amines is 1. The van der Waals surface area contributed by atoms with Gasteiger partial charge in [-0.15, -0.1) is 11.3 Å². The minimum atomic E-state index is -0.339. The molecule has 2 N–H and O–H groups in total. The van der Waals surface area contributed by atoms with Crippen LogP contribution in [0.2, 0.25) is 0 Å². The molecule has 0 aliphatic carbocycles. The summed E-state index contributed by atoms with van der Waals surface area (Å²) in [6.45, 7) is 0.559. The predicted molar refractivity (Wildman–Crippen MR) is 96.9 cm³/mol. The van der Waals surface area contributed by atoms with Crippen LogP contribution in [-0.2, 0) is 16.0 Å². The Balaban J connectivity index is 1.46. The normalized spacial score (nSPS) is 16.0. The van der Waals surface area contributed by atoms with Crippen molar-refractivity contribution >= 4 is 46.2 Å². The van der Waals surface area contributed by atoms with Crippen molar-refractivity contribution in [2.75, 3.05) is 13.1 Å². The number of aromatic nitrogens is 2. The van der Waals surface area contributed by atoms with Crippen molar-refractivity contribution in [2.24, 2.45) is 0 Å². The lowest BCUT2D eigenvalue weighted by Crippen LogP contribution is -2.34. The first-order chi connectivity index (χ1) is 12.1. The largest absolute Gasteiger partial charge is 0.356 e. The maximum absolute atomic E-state index is 12.3. The fourth-order valence-corrected chi connectivity index (χ4v) is 3.84. The van der Waals surface area contributed by atoms with E-state index in [0.29, 0.717) is 17.9 Å². The lowest BCUT2D eigenvalue weighted by molar-refractivity contribution is -0.124. The molecular formula is C16H16N4O3S2. The van der Waals surface area contributed by atoms with Gasteiger partial charge in [0.1, 0.15) is 0 Å². The van der Waals surface area contributed by atoms with Gasteiger partial charge in [-0.1, -0.05) is 6.07 Å². The Hall–Kier alpha value is -2.39. The first-order valence-electron chi connectivity index (χ1n) is 7.66. The SMILES string of the molecule is O=C(CCN1C(=O)SC(=Cc2cccs2)C1=O)NCCc1cnc[nH]1. The molecule has 3 heterocycles. The first kappa shape index (κ1) is 17.4.